The molecule has 1 N–H and O–H groups in total. The number of amides is 1. The van der Waals surface area contributed by atoms with Crippen LogP contribution >= 0.6 is 0 Å². The zero-order valence-electron chi connectivity index (χ0n) is 9.89. The van der Waals surface area contributed by atoms with E-state index < -0.39 is 0 Å². The highest BCUT2D eigenvalue weighted by Gasteiger charge is 2.36. The van der Waals surface area contributed by atoms with Crippen molar-refractivity contribution in [2.45, 2.75) is 32.3 Å². The molecule has 2 fully saturated rings. The molecule has 16 heavy (non-hydrogen) atoms. The number of nitrogens with zero attached hydrogens (tertiary/aromatic N) is 1. The third-order valence-electron chi connectivity index (χ3n) is 3.77. The molecule has 0 radical (unpaired) electrons. The quantitative estimate of drug-likeness (QED) is 0.770. The number of hydrogen-bond acceptors (Lipinski definition) is 3. The van der Waals surface area contributed by atoms with Crippen LogP contribution in [0, 0.1) is 11.8 Å². The fourth-order valence-electron chi connectivity index (χ4n) is 2.64. The molecular formula is C12H21NO3. The number of likely N-dealkylation sites (tertiary alicyclic amines) is 1. The molecule has 2 rings (SSSR count). The fraction of sp³-hybridized carbons (Fsp3) is 0.917. The molecule has 3 unspecified atom stereocenters. The van der Waals surface area contributed by atoms with Gasteiger partial charge in [-0.3, -0.25) is 4.79 Å². The molecule has 2 aliphatic rings. The topological polar surface area (TPSA) is 49.8 Å². The normalized spacial score (nSPS) is 34.6. The van der Waals surface area contributed by atoms with Gasteiger partial charge < -0.3 is 14.7 Å². The van der Waals surface area contributed by atoms with Crippen LogP contribution in [0.5, 0.6) is 0 Å². The highest BCUT2D eigenvalue weighted by molar-refractivity contribution is 5.81. The van der Waals surface area contributed by atoms with Gasteiger partial charge in [0, 0.05) is 26.3 Å². The first-order valence-electron chi connectivity index (χ1n) is 6.23. The maximum Gasteiger partial charge on any atom is 0.251 e. The molecule has 3 atom stereocenters. The lowest BCUT2D eigenvalue weighted by Gasteiger charge is -2.22. The van der Waals surface area contributed by atoms with Crippen molar-refractivity contribution in [2.24, 2.45) is 11.8 Å². The maximum absolute atomic E-state index is 12.1. The molecule has 2 aliphatic heterocycles. The number of hydrogen-bond donors (Lipinski definition) is 1. The average Bonchev–Trinajstić information content (AvgIpc) is 2.87. The van der Waals surface area contributed by atoms with E-state index in [9.17, 15) is 4.79 Å². The van der Waals surface area contributed by atoms with Gasteiger partial charge in [-0.1, -0.05) is 6.92 Å². The van der Waals surface area contributed by atoms with E-state index in [0.29, 0.717) is 18.4 Å². The minimum Gasteiger partial charge on any atom is -0.396 e. The van der Waals surface area contributed by atoms with E-state index in [-0.39, 0.29) is 18.6 Å². The van der Waals surface area contributed by atoms with Crippen molar-refractivity contribution in [3.8, 4) is 0 Å². The SMILES string of the molecule is CC1CCOC1C(=O)N1CCC(CCO)C1. The standard InChI is InChI=1S/C12H21NO3/c1-9-4-7-16-11(9)12(15)13-5-2-10(8-13)3-6-14/h9-11,14H,2-8H2,1H3. The lowest BCUT2D eigenvalue weighted by Crippen LogP contribution is -2.39. The van der Waals surface area contributed by atoms with E-state index in [1.807, 2.05) is 4.90 Å². The number of carbonyl (C=O) groups is 1. The number of rotatable bonds is 3. The summed E-state index contributed by atoms with van der Waals surface area (Å²) < 4.78 is 5.49. The van der Waals surface area contributed by atoms with Crippen LogP contribution < -0.4 is 0 Å². The average molecular weight is 227 g/mol. The second-order valence-electron chi connectivity index (χ2n) is 5.01. The van der Waals surface area contributed by atoms with Crippen molar-refractivity contribution >= 4 is 5.91 Å². The molecule has 0 aromatic rings. The summed E-state index contributed by atoms with van der Waals surface area (Å²) in [6.07, 6.45) is 2.61. The van der Waals surface area contributed by atoms with Gasteiger partial charge >= 0.3 is 0 Å². The Labute approximate surface area is 96.6 Å². The predicted molar refractivity (Wildman–Crippen MR) is 59.9 cm³/mol. The van der Waals surface area contributed by atoms with E-state index in [4.69, 9.17) is 9.84 Å². The predicted octanol–water partition coefficient (Wildman–Crippen LogP) is 0.642. The smallest absolute Gasteiger partial charge is 0.251 e. The van der Waals surface area contributed by atoms with E-state index in [1.54, 1.807) is 0 Å². The van der Waals surface area contributed by atoms with Gasteiger partial charge in [-0.05, 0) is 31.1 Å². The van der Waals surface area contributed by atoms with Crippen LogP contribution in [0.1, 0.15) is 26.2 Å². The number of ether oxygens (including phenoxy) is 1. The Balaban J connectivity index is 1.86. The van der Waals surface area contributed by atoms with Crippen LogP contribution in [0.25, 0.3) is 0 Å². The zero-order valence-corrected chi connectivity index (χ0v) is 9.89. The lowest BCUT2D eigenvalue weighted by atomic mass is 10.0. The minimum absolute atomic E-state index is 0.158. The molecule has 92 valence electrons. The largest absolute Gasteiger partial charge is 0.396 e. The lowest BCUT2D eigenvalue weighted by molar-refractivity contribution is -0.141. The zero-order chi connectivity index (χ0) is 11.5. The van der Waals surface area contributed by atoms with Gasteiger partial charge in [0.2, 0.25) is 0 Å². The Bertz CT molecular complexity index is 257. The molecule has 0 aromatic carbocycles. The van der Waals surface area contributed by atoms with Gasteiger partial charge in [0.25, 0.3) is 5.91 Å². The van der Waals surface area contributed by atoms with Crippen molar-refractivity contribution in [3.05, 3.63) is 0 Å². The van der Waals surface area contributed by atoms with Crippen molar-refractivity contribution in [1.29, 1.82) is 0 Å². The summed E-state index contributed by atoms with van der Waals surface area (Å²) in [6, 6.07) is 0. The minimum atomic E-state index is -0.215. The van der Waals surface area contributed by atoms with Crippen LogP contribution in [0.15, 0.2) is 0 Å². The third-order valence-corrected chi connectivity index (χ3v) is 3.77. The van der Waals surface area contributed by atoms with Crippen LogP contribution in [0.3, 0.4) is 0 Å². The molecule has 0 saturated carbocycles. The summed E-state index contributed by atoms with van der Waals surface area (Å²) >= 11 is 0. The van der Waals surface area contributed by atoms with Gasteiger partial charge in [0.15, 0.2) is 0 Å². The molecule has 4 nitrogen and oxygen atoms in total. The van der Waals surface area contributed by atoms with Crippen LogP contribution in [-0.2, 0) is 9.53 Å². The number of carbonyl (C=O) groups excluding carboxylic acids is 1. The maximum atomic E-state index is 12.1. The Morgan fingerprint density at radius 2 is 2.31 bits per heavy atom. The third kappa shape index (κ3) is 2.38. The van der Waals surface area contributed by atoms with Crippen LogP contribution in [-0.4, -0.2) is 48.3 Å². The molecule has 0 aromatic heterocycles. The van der Waals surface area contributed by atoms with Gasteiger partial charge in [0.05, 0.1) is 0 Å². The van der Waals surface area contributed by atoms with Crippen molar-refractivity contribution in [3.63, 3.8) is 0 Å². The summed E-state index contributed by atoms with van der Waals surface area (Å²) in [4.78, 5) is 14.1. The summed E-state index contributed by atoms with van der Waals surface area (Å²) in [5, 5.41) is 8.88. The summed E-state index contributed by atoms with van der Waals surface area (Å²) in [7, 11) is 0. The number of aliphatic hydroxyl groups is 1. The van der Waals surface area contributed by atoms with Gasteiger partial charge in [-0.15, -0.1) is 0 Å². The Hall–Kier alpha value is -0.610. The Morgan fingerprint density at radius 1 is 1.50 bits per heavy atom. The summed E-state index contributed by atoms with van der Waals surface area (Å²) in [6.45, 7) is 4.65. The Kier molecular flexibility index (Phi) is 3.82. The van der Waals surface area contributed by atoms with Crippen molar-refractivity contribution in [1.82, 2.24) is 4.90 Å². The van der Waals surface area contributed by atoms with E-state index in [1.165, 1.54) is 0 Å². The van der Waals surface area contributed by atoms with Gasteiger partial charge in [0.1, 0.15) is 6.10 Å². The molecule has 2 heterocycles. The summed E-state index contributed by atoms with van der Waals surface area (Å²) in [5.41, 5.74) is 0. The summed E-state index contributed by atoms with van der Waals surface area (Å²) in [5.74, 6) is 0.987. The Morgan fingerprint density at radius 3 is 2.94 bits per heavy atom. The first-order valence-corrected chi connectivity index (χ1v) is 6.23. The molecule has 0 spiro atoms. The van der Waals surface area contributed by atoms with E-state index >= 15 is 0 Å². The van der Waals surface area contributed by atoms with Crippen LogP contribution in [0.2, 0.25) is 0 Å². The first kappa shape index (κ1) is 11.9. The molecule has 0 bridgehead atoms. The molecule has 4 heteroatoms. The van der Waals surface area contributed by atoms with E-state index in [0.717, 1.165) is 32.4 Å². The van der Waals surface area contributed by atoms with Crippen LogP contribution in [0.4, 0.5) is 0 Å². The molecule has 0 aliphatic carbocycles. The van der Waals surface area contributed by atoms with Crippen molar-refractivity contribution < 1.29 is 14.6 Å². The highest BCUT2D eigenvalue weighted by Crippen LogP contribution is 2.26. The second kappa shape index (κ2) is 5.15. The molecule has 1 amide bonds. The highest BCUT2D eigenvalue weighted by atomic mass is 16.5. The monoisotopic (exact) mass is 227 g/mol. The van der Waals surface area contributed by atoms with Gasteiger partial charge in [-0.2, -0.15) is 0 Å². The fourth-order valence-corrected chi connectivity index (χ4v) is 2.64. The van der Waals surface area contributed by atoms with E-state index in [2.05, 4.69) is 6.92 Å². The second-order valence-corrected chi connectivity index (χ2v) is 5.01. The number of aliphatic hydroxyl groups excluding tert-OH is 1. The molecular weight excluding hydrogens is 206 g/mol. The van der Waals surface area contributed by atoms with Crippen molar-refractivity contribution in [2.75, 3.05) is 26.3 Å². The molecule has 2 saturated heterocycles. The first-order chi connectivity index (χ1) is 7.72. The van der Waals surface area contributed by atoms with Gasteiger partial charge in [-0.25, -0.2) is 0 Å².